The van der Waals surface area contributed by atoms with E-state index < -0.39 is 29.6 Å². The maximum Gasteiger partial charge on any atom is 0.475 e. The van der Waals surface area contributed by atoms with Crippen LogP contribution in [-0.2, 0) is 14.6 Å². The Bertz CT molecular complexity index is 514. The lowest BCUT2D eigenvalue weighted by atomic mass is 9.63. The molecule has 1 aromatic rings. The van der Waals surface area contributed by atoms with Crippen LogP contribution in [0.5, 0.6) is 0 Å². The van der Waals surface area contributed by atoms with Crippen molar-refractivity contribution in [3.05, 3.63) is 35.9 Å². The Hall–Kier alpha value is -0.935. The van der Waals surface area contributed by atoms with Crippen LogP contribution in [0.3, 0.4) is 0 Å². The third-order valence-corrected chi connectivity index (χ3v) is 4.97. The first-order chi connectivity index (χ1) is 9.12. The number of rotatable bonds is 2. The van der Waals surface area contributed by atoms with Gasteiger partial charge in [0, 0.05) is 6.42 Å². The number of hydrogen-bond acceptors (Lipinski definition) is 2. The van der Waals surface area contributed by atoms with Crippen molar-refractivity contribution in [1.82, 2.24) is 0 Å². The molecule has 0 aromatic heterocycles. The van der Waals surface area contributed by atoms with E-state index in [4.69, 9.17) is 9.31 Å². The minimum absolute atomic E-state index is 0.221. The molecule has 5 heteroatoms. The summed E-state index contributed by atoms with van der Waals surface area (Å²) < 4.78 is 40.0. The molecule has 108 valence electrons. The average Bonchev–Trinajstić information content (AvgIpc) is 2.85. The quantitative estimate of drug-likeness (QED) is 0.771. The van der Waals surface area contributed by atoms with Crippen LogP contribution in [0, 0.1) is 0 Å². The van der Waals surface area contributed by atoms with Gasteiger partial charge < -0.3 is 9.31 Å². The maximum absolute atomic E-state index is 14.1. The molecule has 1 heterocycles. The number of alkyl halides is 2. The summed E-state index contributed by atoms with van der Waals surface area (Å²) in [4.78, 5) is 0. The zero-order valence-corrected chi connectivity index (χ0v) is 12.2. The smallest absolute Gasteiger partial charge is 0.403 e. The van der Waals surface area contributed by atoms with Crippen molar-refractivity contribution in [1.29, 1.82) is 0 Å². The highest BCUT2D eigenvalue weighted by Crippen LogP contribution is 2.65. The monoisotopic (exact) mass is 280 g/mol. The summed E-state index contributed by atoms with van der Waals surface area (Å²) in [6, 6.07) is 8.83. The van der Waals surface area contributed by atoms with Gasteiger partial charge in [0.15, 0.2) is 0 Å². The second kappa shape index (κ2) is 3.83. The Balaban J connectivity index is 2.00. The van der Waals surface area contributed by atoms with Crippen LogP contribution in [0.25, 0.3) is 0 Å². The van der Waals surface area contributed by atoms with Gasteiger partial charge in [-0.15, -0.1) is 0 Å². The van der Waals surface area contributed by atoms with E-state index in [1.165, 1.54) is 0 Å². The van der Waals surface area contributed by atoms with Crippen LogP contribution in [0.2, 0.25) is 0 Å². The second-order valence-corrected chi connectivity index (χ2v) is 6.81. The fourth-order valence-electron chi connectivity index (χ4n) is 2.79. The lowest BCUT2D eigenvalue weighted by Gasteiger charge is -2.32. The third-order valence-electron chi connectivity index (χ3n) is 4.97. The fourth-order valence-corrected chi connectivity index (χ4v) is 2.79. The first kappa shape index (κ1) is 14.0. The molecule has 0 radical (unpaired) electrons. The van der Waals surface area contributed by atoms with Crippen LogP contribution < -0.4 is 0 Å². The molecule has 0 bridgehead atoms. The van der Waals surface area contributed by atoms with Crippen LogP contribution in [0.4, 0.5) is 8.78 Å². The summed E-state index contributed by atoms with van der Waals surface area (Å²) in [6.45, 7) is 7.52. The van der Waals surface area contributed by atoms with Crippen molar-refractivity contribution < 1.29 is 18.1 Å². The van der Waals surface area contributed by atoms with Gasteiger partial charge in [-0.2, -0.15) is 0 Å². The van der Waals surface area contributed by atoms with Crippen molar-refractivity contribution >= 4 is 7.12 Å². The Morgan fingerprint density at radius 3 is 1.80 bits per heavy atom. The SMILES string of the molecule is CC1(C)OB([C@]2(c3ccccc3)CC2(F)F)OC1(C)C. The van der Waals surface area contributed by atoms with E-state index in [0.29, 0.717) is 5.56 Å². The molecule has 2 aliphatic rings. The third kappa shape index (κ3) is 1.69. The van der Waals surface area contributed by atoms with Gasteiger partial charge in [-0.1, -0.05) is 30.3 Å². The Morgan fingerprint density at radius 2 is 1.40 bits per heavy atom. The molecule has 0 N–H and O–H groups in total. The molecule has 1 aromatic carbocycles. The van der Waals surface area contributed by atoms with Gasteiger partial charge in [0.2, 0.25) is 0 Å². The van der Waals surface area contributed by atoms with Gasteiger partial charge in [-0.25, -0.2) is 8.78 Å². The lowest BCUT2D eigenvalue weighted by Crippen LogP contribution is -2.41. The average molecular weight is 280 g/mol. The second-order valence-electron chi connectivity index (χ2n) is 6.81. The molecule has 0 amide bonds. The van der Waals surface area contributed by atoms with Gasteiger partial charge >= 0.3 is 7.12 Å². The summed E-state index contributed by atoms with van der Waals surface area (Å²) in [7, 11) is -0.912. The largest absolute Gasteiger partial charge is 0.475 e. The standard InChI is InChI=1S/C15H19BF2O2/c1-12(2)13(3,4)20-16(19-12)14(10-15(14,17)18)11-8-6-5-7-9-11/h5-9H,10H2,1-4H3/t14-/m0/s1. The van der Waals surface area contributed by atoms with E-state index in [-0.39, 0.29) is 6.42 Å². The molecule has 20 heavy (non-hydrogen) atoms. The van der Waals surface area contributed by atoms with E-state index >= 15 is 0 Å². The van der Waals surface area contributed by atoms with Gasteiger partial charge in [0.05, 0.1) is 16.5 Å². The van der Waals surface area contributed by atoms with Crippen molar-refractivity contribution in [3.63, 3.8) is 0 Å². The number of benzene rings is 1. The first-order valence-electron chi connectivity index (χ1n) is 6.91. The Kier molecular flexibility index (Phi) is 2.68. The zero-order chi connectivity index (χ0) is 14.8. The van der Waals surface area contributed by atoms with Crippen molar-refractivity contribution in [3.8, 4) is 0 Å². The molecular weight excluding hydrogens is 261 g/mol. The summed E-state index contributed by atoms with van der Waals surface area (Å²) in [5.74, 6) is -2.78. The molecule has 2 nitrogen and oxygen atoms in total. The van der Waals surface area contributed by atoms with Gasteiger partial charge in [-0.3, -0.25) is 0 Å². The first-order valence-corrected chi connectivity index (χ1v) is 6.91. The van der Waals surface area contributed by atoms with Crippen LogP contribution in [0.15, 0.2) is 30.3 Å². The molecule has 1 saturated carbocycles. The number of halogens is 2. The Morgan fingerprint density at radius 1 is 0.950 bits per heavy atom. The zero-order valence-electron chi connectivity index (χ0n) is 12.2. The summed E-state index contributed by atoms with van der Waals surface area (Å²) >= 11 is 0. The number of hydrogen-bond donors (Lipinski definition) is 0. The highest BCUT2D eigenvalue weighted by molar-refractivity contribution is 6.51. The van der Waals surface area contributed by atoms with Crippen molar-refractivity contribution in [2.45, 2.75) is 56.6 Å². The molecule has 3 rings (SSSR count). The minimum atomic E-state index is -2.78. The highest BCUT2D eigenvalue weighted by atomic mass is 19.3. The maximum atomic E-state index is 14.1. The van der Waals surface area contributed by atoms with Gasteiger partial charge in [0.25, 0.3) is 5.92 Å². The van der Waals surface area contributed by atoms with Crippen molar-refractivity contribution in [2.75, 3.05) is 0 Å². The van der Waals surface area contributed by atoms with E-state index in [9.17, 15) is 8.78 Å². The molecule has 0 unspecified atom stereocenters. The van der Waals surface area contributed by atoms with Gasteiger partial charge in [0.1, 0.15) is 0 Å². The normalized spacial score (nSPS) is 33.2. The Labute approximate surface area is 118 Å². The van der Waals surface area contributed by atoms with Crippen molar-refractivity contribution in [2.24, 2.45) is 0 Å². The molecule has 1 aliphatic carbocycles. The van der Waals surface area contributed by atoms with Gasteiger partial charge in [-0.05, 0) is 33.3 Å². The predicted octanol–water partition coefficient (Wildman–Crippen LogP) is 3.59. The van der Waals surface area contributed by atoms with Crippen LogP contribution in [0.1, 0.15) is 39.7 Å². The minimum Gasteiger partial charge on any atom is -0.403 e. The topological polar surface area (TPSA) is 18.5 Å². The lowest BCUT2D eigenvalue weighted by molar-refractivity contribution is 0.00578. The molecule has 2 fully saturated rings. The van der Waals surface area contributed by atoms with E-state index in [0.717, 1.165) is 0 Å². The molecule has 1 aliphatic heterocycles. The van der Waals surface area contributed by atoms with E-state index in [1.807, 2.05) is 33.8 Å². The van der Waals surface area contributed by atoms with Crippen LogP contribution >= 0.6 is 0 Å². The predicted molar refractivity (Wildman–Crippen MR) is 73.8 cm³/mol. The van der Waals surface area contributed by atoms with Crippen LogP contribution in [-0.4, -0.2) is 24.2 Å². The summed E-state index contributed by atoms with van der Waals surface area (Å²) in [5.41, 5.74) is -0.612. The highest BCUT2D eigenvalue weighted by Gasteiger charge is 2.81. The van der Waals surface area contributed by atoms with E-state index in [2.05, 4.69) is 0 Å². The summed E-state index contributed by atoms with van der Waals surface area (Å²) in [6.07, 6.45) is -0.221. The molecule has 1 saturated heterocycles. The van der Waals surface area contributed by atoms with E-state index in [1.54, 1.807) is 24.3 Å². The summed E-state index contributed by atoms with van der Waals surface area (Å²) in [5, 5.41) is -1.35. The molecule has 1 atom stereocenters. The molecular formula is C15H19BF2O2. The molecule has 0 spiro atoms. The fraction of sp³-hybridized carbons (Fsp3) is 0.600.